The zero-order valence-corrected chi connectivity index (χ0v) is 13.7. The summed E-state index contributed by atoms with van der Waals surface area (Å²) in [5.41, 5.74) is 1.45. The summed E-state index contributed by atoms with van der Waals surface area (Å²) in [5.74, 6) is 0. The van der Waals surface area contributed by atoms with Crippen LogP contribution in [0.25, 0.3) is 0 Å². The smallest absolute Gasteiger partial charge is 0.0439 e. The molecule has 0 saturated carbocycles. The molecule has 108 valence electrons. The molecule has 0 saturated heterocycles. The lowest BCUT2D eigenvalue weighted by molar-refractivity contribution is 0.235. The van der Waals surface area contributed by atoms with Gasteiger partial charge in [-0.3, -0.25) is 0 Å². The monoisotopic (exact) mass is 301 g/mol. The molecule has 0 fully saturated rings. The minimum atomic E-state index is 0.277. The zero-order chi connectivity index (χ0) is 14.3. The maximum atomic E-state index is 6.31. The summed E-state index contributed by atoms with van der Waals surface area (Å²) < 4.78 is 0. The number of halogens is 2. The normalized spacial score (nSPS) is 14.4. The molecule has 0 radical (unpaired) electrons. The third-order valence-corrected chi connectivity index (χ3v) is 4.54. The summed E-state index contributed by atoms with van der Waals surface area (Å²) in [5, 5.41) is 4.94. The predicted octanol–water partition coefficient (Wildman–Crippen LogP) is 5.34. The topological polar surface area (TPSA) is 12.0 Å². The van der Waals surface area contributed by atoms with E-state index >= 15 is 0 Å². The molecule has 1 N–H and O–H groups in total. The SMILES string of the molecule is CCCCC(CC)(CNC)Cc1cc(Cl)ccc1Cl. The van der Waals surface area contributed by atoms with Crippen molar-refractivity contribution in [3.8, 4) is 0 Å². The maximum absolute atomic E-state index is 6.31. The van der Waals surface area contributed by atoms with Gasteiger partial charge in [0.2, 0.25) is 0 Å². The van der Waals surface area contributed by atoms with Crippen molar-refractivity contribution in [2.75, 3.05) is 13.6 Å². The molecule has 0 aliphatic rings. The average Bonchev–Trinajstić information content (AvgIpc) is 2.40. The van der Waals surface area contributed by atoms with Gasteiger partial charge in [0.25, 0.3) is 0 Å². The first kappa shape index (κ1) is 16.8. The highest BCUT2D eigenvalue weighted by atomic mass is 35.5. The van der Waals surface area contributed by atoms with Gasteiger partial charge in [0.15, 0.2) is 0 Å². The Morgan fingerprint density at radius 3 is 2.53 bits per heavy atom. The Morgan fingerprint density at radius 2 is 1.95 bits per heavy atom. The number of hydrogen-bond donors (Lipinski definition) is 1. The van der Waals surface area contributed by atoms with Crippen LogP contribution >= 0.6 is 23.2 Å². The van der Waals surface area contributed by atoms with E-state index in [1.54, 1.807) is 0 Å². The Labute approximate surface area is 127 Å². The molecule has 0 amide bonds. The number of nitrogens with one attached hydrogen (secondary N) is 1. The van der Waals surface area contributed by atoms with Crippen LogP contribution in [0.3, 0.4) is 0 Å². The third kappa shape index (κ3) is 4.98. The Morgan fingerprint density at radius 1 is 1.21 bits per heavy atom. The molecule has 1 aromatic rings. The molecule has 1 atom stereocenters. The van der Waals surface area contributed by atoms with Crippen molar-refractivity contribution in [2.45, 2.75) is 46.0 Å². The molecule has 0 spiro atoms. The van der Waals surface area contributed by atoms with Crippen molar-refractivity contribution < 1.29 is 0 Å². The highest BCUT2D eigenvalue weighted by Gasteiger charge is 2.28. The number of hydrogen-bond acceptors (Lipinski definition) is 1. The lowest BCUT2D eigenvalue weighted by atomic mass is 9.75. The van der Waals surface area contributed by atoms with Crippen LogP contribution in [-0.4, -0.2) is 13.6 Å². The fraction of sp³-hybridized carbons (Fsp3) is 0.625. The molecular formula is C16H25Cl2N. The van der Waals surface area contributed by atoms with Gasteiger partial charge >= 0.3 is 0 Å². The van der Waals surface area contributed by atoms with Crippen molar-refractivity contribution in [1.82, 2.24) is 5.32 Å². The van der Waals surface area contributed by atoms with Crippen LogP contribution in [0, 0.1) is 5.41 Å². The number of benzene rings is 1. The third-order valence-electron chi connectivity index (χ3n) is 3.94. The highest BCUT2D eigenvalue weighted by molar-refractivity contribution is 6.33. The number of rotatable bonds is 8. The van der Waals surface area contributed by atoms with Gasteiger partial charge in [-0.1, -0.05) is 49.9 Å². The lowest BCUT2D eigenvalue weighted by Crippen LogP contribution is -2.34. The van der Waals surface area contributed by atoms with Gasteiger partial charge in [0.05, 0.1) is 0 Å². The van der Waals surface area contributed by atoms with E-state index in [2.05, 4.69) is 19.2 Å². The van der Waals surface area contributed by atoms with Gasteiger partial charge in [-0.25, -0.2) is 0 Å². The van der Waals surface area contributed by atoms with Crippen LogP contribution in [0.2, 0.25) is 10.0 Å². The fourth-order valence-corrected chi connectivity index (χ4v) is 3.05. The summed E-state index contributed by atoms with van der Waals surface area (Å²) in [7, 11) is 2.02. The summed E-state index contributed by atoms with van der Waals surface area (Å²) in [4.78, 5) is 0. The van der Waals surface area contributed by atoms with Crippen LogP contribution in [0.15, 0.2) is 18.2 Å². The van der Waals surface area contributed by atoms with Crippen molar-refractivity contribution in [2.24, 2.45) is 5.41 Å². The molecule has 0 heterocycles. The predicted molar refractivity (Wildman–Crippen MR) is 86.3 cm³/mol. The average molecular weight is 302 g/mol. The molecule has 19 heavy (non-hydrogen) atoms. The summed E-state index contributed by atoms with van der Waals surface area (Å²) in [6.45, 7) is 5.53. The van der Waals surface area contributed by atoms with Crippen LogP contribution in [0.5, 0.6) is 0 Å². The zero-order valence-electron chi connectivity index (χ0n) is 12.2. The van der Waals surface area contributed by atoms with Gasteiger partial charge in [-0.05, 0) is 55.5 Å². The van der Waals surface area contributed by atoms with Crippen LogP contribution in [-0.2, 0) is 6.42 Å². The second kappa shape index (κ2) is 8.14. The standard InChI is InChI=1S/C16H25Cl2N/c1-4-6-9-16(5-2,12-19-3)11-13-10-14(17)7-8-15(13)18/h7-8,10,19H,4-6,9,11-12H2,1-3H3. The molecule has 0 aliphatic heterocycles. The van der Waals surface area contributed by atoms with Gasteiger partial charge in [0, 0.05) is 16.6 Å². The molecule has 0 bridgehead atoms. The summed E-state index contributed by atoms with van der Waals surface area (Å²) in [6.07, 6.45) is 5.85. The summed E-state index contributed by atoms with van der Waals surface area (Å²) >= 11 is 12.4. The molecule has 1 aromatic carbocycles. The van der Waals surface area contributed by atoms with Crippen molar-refractivity contribution >= 4 is 23.2 Å². The van der Waals surface area contributed by atoms with Gasteiger partial charge in [0.1, 0.15) is 0 Å². The van der Waals surface area contributed by atoms with E-state index in [-0.39, 0.29) is 5.41 Å². The van der Waals surface area contributed by atoms with Gasteiger partial charge in [-0.15, -0.1) is 0 Å². The Kier molecular flexibility index (Phi) is 7.20. The van der Waals surface area contributed by atoms with E-state index < -0.39 is 0 Å². The first-order chi connectivity index (χ1) is 9.06. The van der Waals surface area contributed by atoms with E-state index in [1.807, 2.05) is 25.2 Å². The van der Waals surface area contributed by atoms with E-state index in [1.165, 1.54) is 24.8 Å². The molecular weight excluding hydrogens is 277 g/mol. The van der Waals surface area contributed by atoms with Crippen molar-refractivity contribution in [1.29, 1.82) is 0 Å². The molecule has 0 aliphatic carbocycles. The van der Waals surface area contributed by atoms with Crippen LogP contribution in [0.4, 0.5) is 0 Å². The van der Waals surface area contributed by atoms with Crippen molar-refractivity contribution in [3.63, 3.8) is 0 Å². The minimum absolute atomic E-state index is 0.277. The Hall–Kier alpha value is -0.240. The molecule has 1 unspecified atom stereocenters. The van der Waals surface area contributed by atoms with E-state index in [4.69, 9.17) is 23.2 Å². The van der Waals surface area contributed by atoms with Gasteiger partial charge in [-0.2, -0.15) is 0 Å². The van der Waals surface area contributed by atoms with E-state index in [0.717, 1.165) is 29.4 Å². The first-order valence-corrected chi connectivity index (χ1v) is 7.91. The molecule has 3 heteroatoms. The second-order valence-corrected chi connectivity index (χ2v) is 6.24. The molecule has 1 nitrogen and oxygen atoms in total. The van der Waals surface area contributed by atoms with Crippen LogP contribution < -0.4 is 5.32 Å². The van der Waals surface area contributed by atoms with E-state index in [0.29, 0.717) is 0 Å². The highest BCUT2D eigenvalue weighted by Crippen LogP contribution is 2.35. The van der Waals surface area contributed by atoms with E-state index in [9.17, 15) is 0 Å². The fourth-order valence-electron chi connectivity index (χ4n) is 2.68. The Balaban J connectivity index is 2.94. The number of unbranched alkanes of at least 4 members (excludes halogenated alkanes) is 1. The maximum Gasteiger partial charge on any atom is 0.0439 e. The van der Waals surface area contributed by atoms with Gasteiger partial charge < -0.3 is 5.32 Å². The molecule has 0 aromatic heterocycles. The minimum Gasteiger partial charge on any atom is -0.319 e. The second-order valence-electron chi connectivity index (χ2n) is 5.40. The van der Waals surface area contributed by atoms with Crippen LogP contribution in [0.1, 0.15) is 45.1 Å². The van der Waals surface area contributed by atoms with Crippen molar-refractivity contribution in [3.05, 3.63) is 33.8 Å². The Bertz CT molecular complexity index is 392. The first-order valence-electron chi connectivity index (χ1n) is 7.15. The summed E-state index contributed by atoms with van der Waals surface area (Å²) in [6, 6.07) is 5.76. The largest absolute Gasteiger partial charge is 0.319 e. The lowest BCUT2D eigenvalue weighted by Gasteiger charge is -2.33. The molecule has 1 rings (SSSR count). The quantitative estimate of drug-likeness (QED) is 0.683.